The first-order valence-electron chi connectivity index (χ1n) is 5.46. The second kappa shape index (κ2) is 22.5. The Morgan fingerprint density at radius 3 is 1.38 bits per heavy atom. The molecule has 1 rings (SSSR count). The van der Waals surface area contributed by atoms with E-state index in [1.165, 1.54) is 25.7 Å². The van der Waals surface area contributed by atoms with Gasteiger partial charge in [-0.05, 0) is 5.92 Å². The fraction of sp³-hybridized carbons (Fsp3) is 0.909. The Kier molecular flexibility index (Phi) is 31.7. The highest BCUT2D eigenvalue weighted by molar-refractivity contribution is 5.42. The Morgan fingerprint density at radius 1 is 1.08 bits per heavy atom. The number of amides is 1. The SMILES string of the molecule is CC.CC.CC1CCCC1.NC=O. The molecule has 0 aromatic rings. The van der Waals surface area contributed by atoms with Crippen LogP contribution in [0.25, 0.3) is 0 Å². The van der Waals surface area contributed by atoms with Gasteiger partial charge < -0.3 is 5.73 Å². The summed E-state index contributed by atoms with van der Waals surface area (Å²) < 4.78 is 0. The zero-order valence-corrected chi connectivity index (χ0v) is 9.97. The smallest absolute Gasteiger partial charge is 0.204 e. The predicted molar refractivity (Wildman–Crippen MR) is 60.6 cm³/mol. The minimum Gasteiger partial charge on any atom is -0.372 e. The minimum atomic E-state index is 0.250. The zero-order chi connectivity index (χ0) is 11.1. The maximum absolute atomic E-state index is 8.58. The molecule has 1 amide bonds. The highest BCUT2D eigenvalue weighted by atomic mass is 16.1. The number of primary amides is 1. The first-order valence-corrected chi connectivity index (χ1v) is 5.46. The maximum atomic E-state index is 8.58. The van der Waals surface area contributed by atoms with Crippen molar-refractivity contribution in [3.8, 4) is 0 Å². The van der Waals surface area contributed by atoms with Crippen LogP contribution in [-0.4, -0.2) is 6.41 Å². The van der Waals surface area contributed by atoms with Crippen molar-refractivity contribution < 1.29 is 4.79 Å². The largest absolute Gasteiger partial charge is 0.372 e. The van der Waals surface area contributed by atoms with Gasteiger partial charge in [0, 0.05) is 0 Å². The molecule has 0 heterocycles. The molecule has 2 heteroatoms. The molecule has 0 aliphatic heterocycles. The second-order valence-corrected chi connectivity index (χ2v) is 2.53. The Hall–Kier alpha value is -0.530. The van der Waals surface area contributed by atoms with Crippen molar-refractivity contribution in [1.29, 1.82) is 0 Å². The molecule has 82 valence electrons. The fourth-order valence-electron chi connectivity index (χ4n) is 1.13. The number of nitrogens with two attached hydrogens (primary N) is 1. The molecular formula is C11H27NO. The van der Waals surface area contributed by atoms with Crippen molar-refractivity contribution >= 4 is 6.41 Å². The van der Waals surface area contributed by atoms with Gasteiger partial charge in [0.25, 0.3) is 0 Å². The predicted octanol–water partition coefficient (Wildman–Crippen LogP) is 3.35. The molecule has 1 fully saturated rings. The summed E-state index contributed by atoms with van der Waals surface area (Å²) in [5.41, 5.74) is 4.17. The summed E-state index contributed by atoms with van der Waals surface area (Å²) in [5.74, 6) is 1.05. The number of hydrogen-bond acceptors (Lipinski definition) is 1. The standard InChI is InChI=1S/C6H12.2C2H6.CH3NO/c1-6-4-2-3-5-6;2*1-2;2-1-3/h6H,2-5H2,1H3;2*1-2H3;1H,(H2,2,3). The maximum Gasteiger partial charge on any atom is 0.204 e. The lowest BCUT2D eigenvalue weighted by atomic mass is 10.2. The Labute approximate surface area is 83.9 Å². The van der Waals surface area contributed by atoms with Crippen molar-refractivity contribution in [2.45, 2.75) is 60.3 Å². The van der Waals surface area contributed by atoms with Crippen molar-refractivity contribution in [2.24, 2.45) is 11.7 Å². The summed E-state index contributed by atoms with van der Waals surface area (Å²) in [5, 5.41) is 0. The van der Waals surface area contributed by atoms with E-state index in [1.807, 2.05) is 27.7 Å². The second-order valence-electron chi connectivity index (χ2n) is 2.53. The van der Waals surface area contributed by atoms with Gasteiger partial charge in [0.05, 0.1) is 0 Å². The summed E-state index contributed by atoms with van der Waals surface area (Å²) in [6, 6.07) is 0. The van der Waals surface area contributed by atoms with Crippen LogP contribution in [-0.2, 0) is 4.79 Å². The average molecular weight is 189 g/mol. The molecule has 0 unspecified atom stereocenters. The van der Waals surface area contributed by atoms with E-state index in [-0.39, 0.29) is 6.41 Å². The van der Waals surface area contributed by atoms with Crippen molar-refractivity contribution in [3.63, 3.8) is 0 Å². The first kappa shape index (κ1) is 18.3. The van der Waals surface area contributed by atoms with E-state index >= 15 is 0 Å². The number of carbonyl (C=O) groups excluding carboxylic acids is 1. The molecule has 1 aliphatic rings. The molecule has 1 saturated carbocycles. The third-order valence-corrected chi connectivity index (χ3v) is 1.64. The molecule has 0 atom stereocenters. The fourth-order valence-corrected chi connectivity index (χ4v) is 1.13. The Bertz CT molecular complexity index is 68.5. The molecule has 1 aliphatic carbocycles. The Balaban J connectivity index is -0.000000124. The molecule has 0 spiro atoms. The van der Waals surface area contributed by atoms with E-state index < -0.39 is 0 Å². The lowest BCUT2D eigenvalue weighted by Crippen LogP contribution is -1.82. The van der Waals surface area contributed by atoms with E-state index in [0.29, 0.717) is 0 Å². The number of carbonyl (C=O) groups is 1. The topological polar surface area (TPSA) is 43.1 Å². The molecule has 2 nitrogen and oxygen atoms in total. The zero-order valence-electron chi connectivity index (χ0n) is 9.97. The van der Waals surface area contributed by atoms with Gasteiger partial charge in [-0.3, -0.25) is 4.79 Å². The number of hydrogen-bond donors (Lipinski definition) is 1. The molecule has 0 bridgehead atoms. The summed E-state index contributed by atoms with van der Waals surface area (Å²) in [6.07, 6.45) is 6.20. The molecule has 13 heavy (non-hydrogen) atoms. The summed E-state index contributed by atoms with van der Waals surface area (Å²) in [4.78, 5) is 8.58. The van der Waals surface area contributed by atoms with Crippen LogP contribution in [0.3, 0.4) is 0 Å². The van der Waals surface area contributed by atoms with Gasteiger partial charge in [0.1, 0.15) is 0 Å². The Morgan fingerprint density at radius 2 is 1.31 bits per heavy atom. The lowest BCUT2D eigenvalue weighted by molar-refractivity contribution is -0.106. The van der Waals surface area contributed by atoms with Crippen LogP contribution >= 0.6 is 0 Å². The minimum absolute atomic E-state index is 0.250. The van der Waals surface area contributed by atoms with Gasteiger partial charge in [-0.25, -0.2) is 0 Å². The normalized spacial score (nSPS) is 13.6. The highest BCUT2D eigenvalue weighted by Gasteiger charge is 2.07. The van der Waals surface area contributed by atoms with Crippen LogP contribution in [0.2, 0.25) is 0 Å². The van der Waals surface area contributed by atoms with E-state index in [9.17, 15) is 0 Å². The van der Waals surface area contributed by atoms with Crippen molar-refractivity contribution in [1.82, 2.24) is 0 Å². The quantitative estimate of drug-likeness (QED) is 0.583. The monoisotopic (exact) mass is 189 g/mol. The molecule has 2 N–H and O–H groups in total. The van der Waals surface area contributed by atoms with E-state index in [4.69, 9.17) is 4.79 Å². The third kappa shape index (κ3) is 24.6. The van der Waals surface area contributed by atoms with Crippen molar-refractivity contribution in [3.05, 3.63) is 0 Å². The van der Waals surface area contributed by atoms with E-state index in [2.05, 4.69) is 12.7 Å². The molecule has 0 aromatic carbocycles. The van der Waals surface area contributed by atoms with Gasteiger partial charge in [-0.15, -0.1) is 0 Å². The highest BCUT2D eigenvalue weighted by Crippen LogP contribution is 2.22. The summed E-state index contributed by atoms with van der Waals surface area (Å²) in [7, 11) is 0. The van der Waals surface area contributed by atoms with Crippen LogP contribution in [0, 0.1) is 5.92 Å². The van der Waals surface area contributed by atoms with E-state index in [0.717, 1.165) is 5.92 Å². The molecule has 0 aromatic heterocycles. The molecular weight excluding hydrogens is 162 g/mol. The molecule has 0 radical (unpaired) electrons. The van der Waals surface area contributed by atoms with Gasteiger partial charge in [-0.1, -0.05) is 60.3 Å². The van der Waals surface area contributed by atoms with Gasteiger partial charge in [-0.2, -0.15) is 0 Å². The van der Waals surface area contributed by atoms with E-state index in [1.54, 1.807) is 0 Å². The van der Waals surface area contributed by atoms with Gasteiger partial charge in [0.15, 0.2) is 0 Å². The van der Waals surface area contributed by atoms with Crippen LogP contribution in [0.1, 0.15) is 60.3 Å². The lowest BCUT2D eigenvalue weighted by Gasteiger charge is -1.91. The molecule has 0 saturated heterocycles. The summed E-state index contributed by atoms with van der Waals surface area (Å²) in [6.45, 7) is 10.3. The van der Waals surface area contributed by atoms with Gasteiger partial charge in [0.2, 0.25) is 6.41 Å². The van der Waals surface area contributed by atoms with Gasteiger partial charge >= 0.3 is 0 Å². The average Bonchev–Trinajstić information content (AvgIpc) is 2.64. The summed E-state index contributed by atoms with van der Waals surface area (Å²) >= 11 is 0. The van der Waals surface area contributed by atoms with Crippen molar-refractivity contribution in [2.75, 3.05) is 0 Å². The number of rotatable bonds is 0. The van der Waals surface area contributed by atoms with Crippen LogP contribution in [0.15, 0.2) is 0 Å². The third-order valence-electron chi connectivity index (χ3n) is 1.64. The van der Waals surface area contributed by atoms with Crippen LogP contribution in [0.4, 0.5) is 0 Å². The van der Waals surface area contributed by atoms with Crippen LogP contribution in [0.5, 0.6) is 0 Å². The first-order chi connectivity index (χ1) is 6.31. The van der Waals surface area contributed by atoms with Crippen LogP contribution < -0.4 is 5.73 Å².